The van der Waals surface area contributed by atoms with Gasteiger partial charge in [0.25, 0.3) is 5.91 Å². The van der Waals surface area contributed by atoms with Crippen molar-refractivity contribution in [2.75, 3.05) is 0 Å². The van der Waals surface area contributed by atoms with Gasteiger partial charge in [0.1, 0.15) is 11.8 Å². The maximum absolute atomic E-state index is 12.3. The zero-order valence-corrected chi connectivity index (χ0v) is 15.1. The van der Waals surface area contributed by atoms with E-state index in [-0.39, 0.29) is 0 Å². The summed E-state index contributed by atoms with van der Waals surface area (Å²) in [6.07, 6.45) is 0.292. The summed E-state index contributed by atoms with van der Waals surface area (Å²) in [5.74, 6) is -1.16. The average molecular weight is 405 g/mol. The minimum atomic E-state index is -0.832. The molecule has 0 spiro atoms. The number of primary amides is 1. The Hall–Kier alpha value is -2.67. The smallest absolute Gasteiger partial charge is 0.308 e. The van der Waals surface area contributed by atoms with Crippen LogP contribution in [0, 0.1) is 0 Å². The van der Waals surface area contributed by atoms with Gasteiger partial charge in [0, 0.05) is 23.4 Å². The Morgan fingerprint density at radius 2 is 1.68 bits per heavy atom. The first-order valence-electron chi connectivity index (χ1n) is 7.48. The predicted octanol–water partition coefficient (Wildman–Crippen LogP) is 2.20. The van der Waals surface area contributed by atoms with E-state index in [1.54, 1.807) is 0 Å². The number of benzene rings is 2. The zero-order chi connectivity index (χ0) is 18.4. The second kappa shape index (κ2) is 8.43. The second-order valence-corrected chi connectivity index (χ2v) is 6.29. The van der Waals surface area contributed by atoms with Gasteiger partial charge in [-0.25, -0.2) is 0 Å². The molecule has 2 aromatic carbocycles. The standard InChI is InChI=1S/C18H17BrN2O4/c1-11(22)25-15-8-4-13(5-9-15)18(24)21-16(17(20)23)10-12-2-6-14(19)7-3-12/h2-9,16H,10H2,1H3,(H2,20,23)(H,21,24)/t16-/m1/s1. The predicted molar refractivity (Wildman–Crippen MR) is 96.0 cm³/mol. The SMILES string of the molecule is CC(=O)Oc1ccc(C(=O)N[C@H](Cc2ccc(Br)cc2)C(N)=O)cc1. The Kier molecular flexibility index (Phi) is 6.30. The summed E-state index contributed by atoms with van der Waals surface area (Å²) < 4.78 is 5.83. The lowest BCUT2D eigenvalue weighted by Gasteiger charge is -2.16. The lowest BCUT2D eigenvalue weighted by atomic mass is 10.0. The fourth-order valence-electron chi connectivity index (χ4n) is 2.16. The van der Waals surface area contributed by atoms with Crippen LogP contribution in [0.25, 0.3) is 0 Å². The van der Waals surface area contributed by atoms with Gasteiger partial charge in [-0.3, -0.25) is 14.4 Å². The van der Waals surface area contributed by atoms with E-state index in [1.807, 2.05) is 24.3 Å². The molecule has 0 aliphatic rings. The lowest BCUT2D eigenvalue weighted by Crippen LogP contribution is -2.45. The van der Waals surface area contributed by atoms with Gasteiger partial charge in [-0.2, -0.15) is 0 Å². The van der Waals surface area contributed by atoms with E-state index in [1.165, 1.54) is 31.2 Å². The molecule has 2 aromatic rings. The number of hydrogen-bond donors (Lipinski definition) is 2. The number of ether oxygens (including phenoxy) is 1. The van der Waals surface area contributed by atoms with E-state index >= 15 is 0 Å². The molecule has 0 heterocycles. The van der Waals surface area contributed by atoms with Crippen LogP contribution in [-0.2, 0) is 16.0 Å². The quantitative estimate of drug-likeness (QED) is 0.569. The molecule has 0 saturated carbocycles. The largest absolute Gasteiger partial charge is 0.427 e. The fraction of sp³-hybridized carbons (Fsp3) is 0.167. The molecule has 0 unspecified atom stereocenters. The summed E-state index contributed by atoms with van der Waals surface area (Å²) >= 11 is 3.34. The highest BCUT2D eigenvalue weighted by molar-refractivity contribution is 9.10. The van der Waals surface area contributed by atoms with E-state index < -0.39 is 23.8 Å². The number of halogens is 1. The minimum Gasteiger partial charge on any atom is -0.427 e. The number of hydrogen-bond acceptors (Lipinski definition) is 4. The van der Waals surface area contributed by atoms with Crippen molar-refractivity contribution in [2.45, 2.75) is 19.4 Å². The van der Waals surface area contributed by atoms with Crippen molar-refractivity contribution in [2.24, 2.45) is 5.73 Å². The number of rotatable bonds is 6. The van der Waals surface area contributed by atoms with Gasteiger partial charge in [0.05, 0.1) is 0 Å². The summed E-state index contributed by atoms with van der Waals surface area (Å²) in [5, 5.41) is 2.62. The zero-order valence-electron chi connectivity index (χ0n) is 13.5. The molecule has 25 heavy (non-hydrogen) atoms. The van der Waals surface area contributed by atoms with Crippen LogP contribution < -0.4 is 15.8 Å². The highest BCUT2D eigenvalue weighted by Gasteiger charge is 2.19. The number of carbonyl (C=O) groups excluding carboxylic acids is 3. The highest BCUT2D eigenvalue weighted by Crippen LogP contribution is 2.14. The van der Waals surface area contributed by atoms with Crippen LogP contribution in [0.1, 0.15) is 22.8 Å². The first-order chi connectivity index (χ1) is 11.8. The third-order valence-electron chi connectivity index (χ3n) is 3.38. The molecule has 0 aliphatic heterocycles. The van der Waals surface area contributed by atoms with Crippen molar-refractivity contribution in [1.29, 1.82) is 0 Å². The first-order valence-corrected chi connectivity index (χ1v) is 8.27. The molecule has 2 amide bonds. The molecule has 1 atom stereocenters. The minimum absolute atomic E-state index is 0.292. The summed E-state index contributed by atoms with van der Waals surface area (Å²) in [6, 6.07) is 12.6. The molecule has 6 nitrogen and oxygen atoms in total. The first kappa shape index (κ1) is 18.7. The molecule has 0 bridgehead atoms. The van der Waals surface area contributed by atoms with Gasteiger partial charge in [-0.15, -0.1) is 0 Å². The highest BCUT2D eigenvalue weighted by atomic mass is 79.9. The van der Waals surface area contributed by atoms with Crippen molar-refractivity contribution >= 4 is 33.7 Å². The fourth-order valence-corrected chi connectivity index (χ4v) is 2.43. The van der Waals surface area contributed by atoms with Crippen molar-refractivity contribution < 1.29 is 19.1 Å². The Morgan fingerprint density at radius 1 is 1.08 bits per heavy atom. The summed E-state index contributed by atoms with van der Waals surface area (Å²) in [5.41, 5.74) is 6.60. The van der Waals surface area contributed by atoms with E-state index in [0.29, 0.717) is 17.7 Å². The van der Waals surface area contributed by atoms with Crippen molar-refractivity contribution in [3.05, 3.63) is 64.1 Å². The lowest BCUT2D eigenvalue weighted by molar-refractivity contribution is -0.131. The van der Waals surface area contributed by atoms with E-state index in [0.717, 1.165) is 10.0 Å². The second-order valence-electron chi connectivity index (χ2n) is 5.38. The van der Waals surface area contributed by atoms with Crippen molar-refractivity contribution in [1.82, 2.24) is 5.32 Å². The Labute approximate surface area is 153 Å². The van der Waals surface area contributed by atoms with Crippen LogP contribution in [0.2, 0.25) is 0 Å². The van der Waals surface area contributed by atoms with Crippen LogP contribution in [0.3, 0.4) is 0 Å². The molecule has 0 radical (unpaired) electrons. The van der Waals surface area contributed by atoms with Crippen LogP contribution in [-0.4, -0.2) is 23.8 Å². The molecular formula is C18H17BrN2O4. The van der Waals surface area contributed by atoms with Crippen LogP contribution in [0.15, 0.2) is 53.0 Å². The monoisotopic (exact) mass is 404 g/mol. The van der Waals surface area contributed by atoms with Crippen molar-refractivity contribution in [3.63, 3.8) is 0 Å². The topological polar surface area (TPSA) is 98.5 Å². The number of nitrogens with two attached hydrogens (primary N) is 1. The number of amides is 2. The van der Waals surface area contributed by atoms with E-state index in [9.17, 15) is 14.4 Å². The molecule has 130 valence electrons. The third-order valence-corrected chi connectivity index (χ3v) is 3.91. The van der Waals surface area contributed by atoms with Gasteiger partial charge in [0.2, 0.25) is 5.91 Å². The summed E-state index contributed by atoms with van der Waals surface area (Å²) in [7, 11) is 0. The number of esters is 1. The molecule has 0 aliphatic carbocycles. The van der Waals surface area contributed by atoms with Gasteiger partial charge in [-0.05, 0) is 42.0 Å². The van der Waals surface area contributed by atoms with Crippen molar-refractivity contribution in [3.8, 4) is 5.75 Å². The average Bonchev–Trinajstić information content (AvgIpc) is 2.56. The molecule has 0 fully saturated rings. The molecule has 2 rings (SSSR count). The van der Waals surface area contributed by atoms with Gasteiger partial charge >= 0.3 is 5.97 Å². The Balaban J connectivity index is 2.05. The van der Waals surface area contributed by atoms with Crippen LogP contribution >= 0.6 is 15.9 Å². The number of carbonyl (C=O) groups is 3. The Morgan fingerprint density at radius 3 is 2.20 bits per heavy atom. The Bertz CT molecular complexity index is 773. The maximum atomic E-state index is 12.3. The maximum Gasteiger partial charge on any atom is 0.308 e. The normalized spacial score (nSPS) is 11.4. The van der Waals surface area contributed by atoms with E-state index in [2.05, 4.69) is 21.2 Å². The van der Waals surface area contributed by atoms with E-state index in [4.69, 9.17) is 10.5 Å². The van der Waals surface area contributed by atoms with Crippen LogP contribution in [0.4, 0.5) is 0 Å². The molecule has 0 aromatic heterocycles. The third kappa shape index (κ3) is 5.72. The van der Waals surface area contributed by atoms with Gasteiger partial charge < -0.3 is 15.8 Å². The molecule has 0 saturated heterocycles. The van der Waals surface area contributed by atoms with Gasteiger partial charge in [-0.1, -0.05) is 28.1 Å². The molecular weight excluding hydrogens is 388 g/mol. The summed E-state index contributed by atoms with van der Waals surface area (Å²) in [4.78, 5) is 34.8. The summed E-state index contributed by atoms with van der Waals surface area (Å²) in [6.45, 7) is 1.29. The molecule has 3 N–H and O–H groups in total. The van der Waals surface area contributed by atoms with Gasteiger partial charge in [0.15, 0.2) is 0 Å². The number of nitrogens with one attached hydrogen (secondary N) is 1. The molecule has 7 heteroatoms. The van der Waals surface area contributed by atoms with Crippen LogP contribution in [0.5, 0.6) is 5.75 Å².